The van der Waals surface area contributed by atoms with Crippen molar-refractivity contribution in [1.29, 1.82) is 0 Å². The van der Waals surface area contributed by atoms with Crippen LogP contribution in [0.5, 0.6) is 0 Å². The van der Waals surface area contributed by atoms with Crippen LogP contribution in [0, 0.1) is 11.3 Å². The van der Waals surface area contributed by atoms with E-state index in [1.54, 1.807) is 4.90 Å². The first-order valence-electron chi connectivity index (χ1n) is 11.0. The molecule has 3 aliphatic rings. The van der Waals surface area contributed by atoms with E-state index in [-0.39, 0.29) is 41.8 Å². The number of carbonyl (C=O) groups is 4. The van der Waals surface area contributed by atoms with Gasteiger partial charge in [-0.25, -0.2) is 4.79 Å². The lowest BCUT2D eigenvalue weighted by molar-refractivity contribution is -0.156. The van der Waals surface area contributed by atoms with Gasteiger partial charge >= 0.3 is 12.0 Å². The number of hydrogen-bond donors (Lipinski definition) is 1. The molecular weight excluding hydrogens is 386 g/mol. The Hall–Kier alpha value is -2.12. The molecule has 8 heteroatoms. The van der Waals surface area contributed by atoms with Gasteiger partial charge < -0.3 is 15.0 Å². The van der Waals surface area contributed by atoms with E-state index in [9.17, 15) is 19.2 Å². The molecule has 4 amide bonds. The van der Waals surface area contributed by atoms with Crippen LogP contribution in [0.2, 0.25) is 0 Å². The highest BCUT2D eigenvalue weighted by Crippen LogP contribution is 2.46. The SMILES string of the molecule is C[C@@H]1CC(C)(C)C[C@]2(C1)NC(=O)N(CC(=O)OCC(=O)N1[C@H](C)CCC[C@H]1C)C2=O. The molecule has 3 rings (SSSR count). The molecule has 0 bridgehead atoms. The van der Waals surface area contributed by atoms with Crippen LogP contribution < -0.4 is 5.32 Å². The average Bonchev–Trinajstić information content (AvgIpc) is 2.81. The zero-order valence-electron chi connectivity index (χ0n) is 18.8. The monoisotopic (exact) mass is 421 g/mol. The zero-order chi connectivity index (χ0) is 22.3. The van der Waals surface area contributed by atoms with Crippen LogP contribution in [0.1, 0.15) is 73.1 Å². The number of rotatable bonds is 4. The van der Waals surface area contributed by atoms with Crippen molar-refractivity contribution in [2.24, 2.45) is 11.3 Å². The lowest BCUT2D eigenvalue weighted by Crippen LogP contribution is -2.54. The van der Waals surface area contributed by atoms with Crippen molar-refractivity contribution < 1.29 is 23.9 Å². The molecule has 2 heterocycles. The van der Waals surface area contributed by atoms with E-state index < -0.39 is 24.1 Å². The third-order valence-corrected chi connectivity index (χ3v) is 6.75. The second-order valence-electron chi connectivity index (χ2n) is 10.3. The molecule has 1 saturated carbocycles. The number of nitrogens with zero attached hydrogens (tertiary/aromatic N) is 2. The van der Waals surface area contributed by atoms with Gasteiger partial charge in [0.15, 0.2) is 6.61 Å². The van der Waals surface area contributed by atoms with Crippen molar-refractivity contribution in [1.82, 2.24) is 15.1 Å². The molecule has 1 aliphatic carbocycles. The molecule has 0 aromatic heterocycles. The van der Waals surface area contributed by atoms with E-state index >= 15 is 0 Å². The quantitative estimate of drug-likeness (QED) is 0.556. The number of carbonyl (C=O) groups excluding carboxylic acids is 4. The summed E-state index contributed by atoms with van der Waals surface area (Å²) in [6.07, 6.45) is 5.04. The minimum absolute atomic E-state index is 0.0780. The van der Waals surface area contributed by atoms with Crippen molar-refractivity contribution >= 4 is 23.8 Å². The van der Waals surface area contributed by atoms with Crippen molar-refractivity contribution in [2.75, 3.05) is 13.2 Å². The molecule has 2 aliphatic heterocycles. The van der Waals surface area contributed by atoms with Crippen LogP contribution in [0.4, 0.5) is 4.79 Å². The summed E-state index contributed by atoms with van der Waals surface area (Å²) in [6.45, 7) is 9.41. The first kappa shape index (κ1) is 22.6. The van der Waals surface area contributed by atoms with Crippen LogP contribution >= 0.6 is 0 Å². The second-order valence-corrected chi connectivity index (χ2v) is 10.3. The maximum absolute atomic E-state index is 13.1. The fourth-order valence-corrected chi connectivity index (χ4v) is 5.95. The molecule has 0 unspecified atom stereocenters. The number of hydrogen-bond acceptors (Lipinski definition) is 5. The number of nitrogens with one attached hydrogen (secondary N) is 1. The minimum atomic E-state index is -0.951. The van der Waals surface area contributed by atoms with E-state index in [1.165, 1.54) is 0 Å². The number of imide groups is 1. The van der Waals surface area contributed by atoms with Gasteiger partial charge in [-0.1, -0.05) is 20.8 Å². The Morgan fingerprint density at radius 1 is 1.10 bits per heavy atom. The van der Waals surface area contributed by atoms with Crippen LogP contribution in [-0.4, -0.2) is 64.4 Å². The van der Waals surface area contributed by atoms with E-state index in [2.05, 4.69) is 26.1 Å². The van der Waals surface area contributed by atoms with Gasteiger partial charge in [-0.2, -0.15) is 0 Å². The molecule has 1 spiro atoms. The Kier molecular flexibility index (Phi) is 6.16. The maximum Gasteiger partial charge on any atom is 0.326 e. The predicted octanol–water partition coefficient (Wildman–Crippen LogP) is 2.46. The number of likely N-dealkylation sites (tertiary alicyclic amines) is 1. The van der Waals surface area contributed by atoms with Crippen molar-refractivity contribution in [3.05, 3.63) is 0 Å². The lowest BCUT2D eigenvalue weighted by atomic mass is 9.64. The topological polar surface area (TPSA) is 96.0 Å². The second kappa shape index (κ2) is 8.19. The maximum atomic E-state index is 13.1. The minimum Gasteiger partial charge on any atom is -0.454 e. The average molecular weight is 422 g/mol. The summed E-state index contributed by atoms with van der Waals surface area (Å²) in [5.41, 5.74) is -1.03. The van der Waals surface area contributed by atoms with E-state index in [4.69, 9.17) is 4.74 Å². The fraction of sp³-hybridized carbons (Fsp3) is 0.818. The Labute approximate surface area is 178 Å². The van der Waals surface area contributed by atoms with Gasteiger partial charge in [0.2, 0.25) is 0 Å². The summed E-state index contributed by atoms with van der Waals surface area (Å²) >= 11 is 0. The van der Waals surface area contributed by atoms with Crippen LogP contribution in [0.3, 0.4) is 0 Å². The zero-order valence-corrected chi connectivity index (χ0v) is 18.8. The first-order valence-corrected chi connectivity index (χ1v) is 11.0. The molecule has 0 radical (unpaired) electrons. The van der Waals surface area contributed by atoms with Gasteiger partial charge in [0.25, 0.3) is 11.8 Å². The van der Waals surface area contributed by atoms with E-state index in [0.29, 0.717) is 12.8 Å². The highest BCUT2D eigenvalue weighted by molar-refractivity contribution is 6.08. The van der Waals surface area contributed by atoms with Crippen molar-refractivity contribution in [3.63, 3.8) is 0 Å². The van der Waals surface area contributed by atoms with Gasteiger partial charge in [-0.15, -0.1) is 0 Å². The molecule has 30 heavy (non-hydrogen) atoms. The van der Waals surface area contributed by atoms with Gasteiger partial charge in [0.1, 0.15) is 12.1 Å². The summed E-state index contributed by atoms with van der Waals surface area (Å²) < 4.78 is 5.15. The van der Waals surface area contributed by atoms with Gasteiger partial charge in [-0.3, -0.25) is 19.3 Å². The highest BCUT2D eigenvalue weighted by atomic mass is 16.5. The summed E-state index contributed by atoms with van der Waals surface area (Å²) in [4.78, 5) is 53.2. The molecule has 0 aromatic carbocycles. The standard InChI is InChI=1S/C22H35N3O5/c1-14-9-21(4,5)13-22(10-14)19(28)24(20(29)23-22)11-18(27)30-12-17(26)25-15(2)7-6-8-16(25)3/h14-16H,6-13H2,1-5H3,(H,23,29)/t14-,15-,16-,22+/m1/s1. The molecule has 168 valence electrons. The van der Waals surface area contributed by atoms with E-state index in [1.807, 2.05) is 13.8 Å². The van der Waals surface area contributed by atoms with Crippen LogP contribution in [0.25, 0.3) is 0 Å². The number of amides is 4. The summed E-state index contributed by atoms with van der Waals surface area (Å²) in [5.74, 6) is -1.06. The Morgan fingerprint density at radius 3 is 2.33 bits per heavy atom. The largest absolute Gasteiger partial charge is 0.454 e. The number of piperidine rings is 1. The van der Waals surface area contributed by atoms with Crippen LogP contribution in [0.15, 0.2) is 0 Å². The van der Waals surface area contributed by atoms with Crippen molar-refractivity contribution in [2.45, 2.75) is 90.8 Å². The Balaban J connectivity index is 1.58. The van der Waals surface area contributed by atoms with E-state index in [0.717, 1.165) is 30.6 Å². The molecule has 4 atom stereocenters. The lowest BCUT2D eigenvalue weighted by Gasteiger charge is -2.43. The predicted molar refractivity (Wildman–Crippen MR) is 110 cm³/mol. The molecule has 1 N–H and O–H groups in total. The third kappa shape index (κ3) is 4.47. The molecule has 0 aromatic rings. The molecule has 8 nitrogen and oxygen atoms in total. The summed E-state index contributed by atoms with van der Waals surface area (Å²) in [5, 5.41) is 2.84. The fourth-order valence-electron chi connectivity index (χ4n) is 5.95. The molecule has 2 saturated heterocycles. The smallest absolute Gasteiger partial charge is 0.326 e. The van der Waals surface area contributed by atoms with Gasteiger partial charge in [0.05, 0.1) is 0 Å². The number of esters is 1. The summed E-state index contributed by atoms with van der Waals surface area (Å²) in [6, 6.07) is -0.337. The molecule has 3 fully saturated rings. The summed E-state index contributed by atoms with van der Waals surface area (Å²) in [7, 11) is 0. The molecular formula is C22H35N3O5. The number of ether oxygens (including phenoxy) is 1. The third-order valence-electron chi connectivity index (χ3n) is 6.75. The van der Waals surface area contributed by atoms with Crippen molar-refractivity contribution in [3.8, 4) is 0 Å². The Morgan fingerprint density at radius 2 is 1.73 bits per heavy atom. The van der Waals surface area contributed by atoms with Gasteiger partial charge in [-0.05, 0) is 63.7 Å². The van der Waals surface area contributed by atoms with Crippen LogP contribution in [-0.2, 0) is 19.1 Å². The normalized spacial score (nSPS) is 33.6. The Bertz CT molecular complexity index is 726. The highest BCUT2D eigenvalue weighted by Gasteiger charge is 2.56. The number of urea groups is 1. The van der Waals surface area contributed by atoms with Gasteiger partial charge in [0, 0.05) is 12.1 Å². The first-order chi connectivity index (χ1) is 13.9.